The van der Waals surface area contributed by atoms with Gasteiger partial charge in [-0.1, -0.05) is 54.0 Å². The van der Waals surface area contributed by atoms with Crippen LogP contribution >= 0.6 is 0 Å². The smallest absolute Gasteiger partial charge is 0.242 e. The van der Waals surface area contributed by atoms with Gasteiger partial charge in [-0.3, -0.25) is 9.59 Å². The third-order valence-corrected chi connectivity index (χ3v) is 8.25. The molecule has 2 aromatic carbocycles. The number of amides is 2. The molecule has 3 aromatic rings. The molecule has 2 amide bonds. The minimum Gasteiger partial charge on any atom is -0.358 e. The van der Waals surface area contributed by atoms with E-state index < -0.39 is 5.41 Å². The van der Waals surface area contributed by atoms with Crippen LogP contribution in [0.1, 0.15) is 67.4 Å². The van der Waals surface area contributed by atoms with E-state index in [0.29, 0.717) is 44.1 Å². The van der Waals surface area contributed by atoms with Gasteiger partial charge in [0.1, 0.15) is 11.2 Å². The summed E-state index contributed by atoms with van der Waals surface area (Å²) < 4.78 is 18.9. The molecular weight excluding hydrogens is 497 g/mol. The second-order valence-corrected chi connectivity index (χ2v) is 10.7. The van der Waals surface area contributed by atoms with Gasteiger partial charge in [-0.25, -0.2) is 4.39 Å². The Bertz CT molecular complexity index is 1250. The standard InChI is InChI=1S/C30H36FN5O3/c1-32-28(38)30(29-34-26(35-39-29)20-21-10-12-24(31)13-11-21)15-18-36(19-16-30)17-14-25(22-6-3-2-4-7-22)33-27(37)23-8-5-9-23/h2-4,6-7,10-13,23,25H,5,8-9,14-20H2,1H3,(H,32,38)(H,33,37). The lowest BCUT2D eigenvalue weighted by atomic mass is 9.77. The van der Waals surface area contributed by atoms with Crippen molar-refractivity contribution in [3.63, 3.8) is 0 Å². The van der Waals surface area contributed by atoms with Gasteiger partial charge in [0.2, 0.25) is 17.7 Å². The lowest BCUT2D eigenvalue weighted by Gasteiger charge is -2.38. The summed E-state index contributed by atoms with van der Waals surface area (Å²) in [4.78, 5) is 32.8. The molecule has 0 spiro atoms. The van der Waals surface area contributed by atoms with Crippen LogP contribution in [0.4, 0.5) is 4.39 Å². The van der Waals surface area contributed by atoms with Gasteiger partial charge in [0.25, 0.3) is 0 Å². The second kappa shape index (κ2) is 12.1. The number of halogens is 1. The van der Waals surface area contributed by atoms with E-state index in [1.165, 1.54) is 12.1 Å². The molecular formula is C30H36FN5O3. The molecule has 1 unspecified atom stereocenters. The normalized spacial score (nSPS) is 18.2. The van der Waals surface area contributed by atoms with Gasteiger partial charge in [0, 0.05) is 25.9 Å². The summed E-state index contributed by atoms with van der Waals surface area (Å²) in [5, 5.41) is 10.2. The Morgan fingerprint density at radius 2 is 1.82 bits per heavy atom. The summed E-state index contributed by atoms with van der Waals surface area (Å²) in [6, 6.07) is 16.3. The fourth-order valence-electron chi connectivity index (χ4n) is 5.52. The summed E-state index contributed by atoms with van der Waals surface area (Å²) in [5.74, 6) is 0.661. The Morgan fingerprint density at radius 1 is 1.10 bits per heavy atom. The third kappa shape index (κ3) is 6.19. The van der Waals surface area contributed by atoms with Gasteiger partial charge >= 0.3 is 0 Å². The fourth-order valence-corrected chi connectivity index (χ4v) is 5.52. The molecule has 1 aromatic heterocycles. The number of benzene rings is 2. The van der Waals surface area contributed by atoms with Crippen molar-refractivity contribution in [2.45, 2.75) is 56.4 Å². The van der Waals surface area contributed by atoms with Crippen molar-refractivity contribution in [3.8, 4) is 0 Å². The number of nitrogens with zero attached hydrogens (tertiary/aromatic N) is 3. The maximum atomic E-state index is 13.3. The number of likely N-dealkylation sites (N-methyl/N-ethyl adjacent to an activating group) is 1. The zero-order chi connectivity index (χ0) is 27.2. The van der Waals surface area contributed by atoms with Gasteiger partial charge in [-0.05, 0) is 68.5 Å². The highest BCUT2D eigenvalue weighted by Crippen LogP contribution is 2.36. The van der Waals surface area contributed by atoms with Gasteiger partial charge in [0.05, 0.1) is 6.04 Å². The number of likely N-dealkylation sites (tertiary alicyclic amines) is 1. The first-order valence-corrected chi connectivity index (χ1v) is 13.8. The summed E-state index contributed by atoms with van der Waals surface area (Å²) in [5.41, 5.74) is 1.09. The van der Waals surface area contributed by atoms with Crippen LogP contribution in [0.5, 0.6) is 0 Å². The van der Waals surface area contributed by atoms with Crippen LogP contribution < -0.4 is 10.6 Å². The van der Waals surface area contributed by atoms with E-state index in [1.807, 2.05) is 18.2 Å². The lowest BCUT2D eigenvalue weighted by Crippen LogP contribution is -2.51. The molecule has 0 bridgehead atoms. The predicted molar refractivity (Wildman–Crippen MR) is 144 cm³/mol. The molecule has 1 aliphatic carbocycles. The summed E-state index contributed by atoms with van der Waals surface area (Å²) in [7, 11) is 1.63. The molecule has 5 rings (SSSR count). The van der Waals surface area contributed by atoms with Gasteiger partial charge in [-0.2, -0.15) is 4.98 Å². The second-order valence-electron chi connectivity index (χ2n) is 10.7. The Kier molecular flexibility index (Phi) is 8.35. The van der Waals surface area contributed by atoms with E-state index in [2.05, 4.69) is 37.8 Å². The highest BCUT2D eigenvalue weighted by molar-refractivity contribution is 5.87. The number of hydrogen-bond acceptors (Lipinski definition) is 6. The number of rotatable bonds is 10. The third-order valence-electron chi connectivity index (χ3n) is 8.25. The topological polar surface area (TPSA) is 100 Å². The first-order valence-electron chi connectivity index (χ1n) is 13.8. The molecule has 2 aliphatic rings. The molecule has 39 heavy (non-hydrogen) atoms. The van der Waals surface area contributed by atoms with Crippen molar-refractivity contribution >= 4 is 11.8 Å². The molecule has 8 nitrogen and oxygen atoms in total. The van der Waals surface area contributed by atoms with Crippen molar-refractivity contribution in [2.75, 3.05) is 26.7 Å². The largest absolute Gasteiger partial charge is 0.358 e. The Hall–Kier alpha value is -3.59. The highest BCUT2D eigenvalue weighted by Gasteiger charge is 2.47. The van der Waals surface area contributed by atoms with Crippen LogP contribution in [0, 0.1) is 11.7 Å². The lowest BCUT2D eigenvalue weighted by molar-refractivity contribution is -0.130. The first kappa shape index (κ1) is 27.0. The minimum absolute atomic E-state index is 0.0464. The van der Waals surface area contributed by atoms with E-state index in [0.717, 1.165) is 43.4 Å². The SMILES string of the molecule is CNC(=O)C1(c2nc(Cc3ccc(F)cc3)no2)CCN(CCC(NC(=O)C2CCC2)c2ccccc2)CC1. The Morgan fingerprint density at radius 3 is 2.46 bits per heavy atom. The Labute approximate surface area is 228 Å². The summed E-state index contributed by atoms with van der Waals surface area (Å²) in [6.45, 7) is 2.19. The van der Waals surface area contributed by atoms with Gasteiger partial charge < -0.3 is 20.1 Å². The van der Waals surface area contributed by atoms with Crippen molar-refractivity contribution < 1.29 is 18.5 Å². The molecule has 2 heterocycles. The first-order chi connectivity index (χ1) is 19.0. The van der Waals surface area contributed by atoms with E-state index in [9.17, 15) is 14.0 Å². The van der Waals surface area contributed by atoms with Crippen LogP contribution in [0.3, 0.4) is 0 Å². The monoisotopic (exact) mass is 533 g/mol. The van der Waals surface area contributed by atoms with Crippen LogP contribution in [0.15, 0.2) is 59.1 Å². The predicted octanol–water partition coefficient (Wildman–Crippen LogP) is 3.93. The van der Waals surface area contributed by atoms with E-state index in [1.54, 1.807) is 19.2 Å². The fraction of sp³-hybridized carbons (Fsp3) is 0.467. The molecule has 1 saturated carbocycles. The van der Waals surface area contributed by atoms with Gasteiger partial charge in [-0.15, -0.1) is 0 Å². The molecule has 2 fully saturated rings. The van der Waals surface area contributed by atoms with Crippen LogP contribution in [0.25, 0.3) is 0 Å². The number of carbonyl (C=O) groups excluding carboxylic acids is 2. The van der Waals surface area contributed by atoms with Crippen molar-refractivity contribution in [1.82, 2.24) is 25.7 Å². The number of aromatic nitrogens is 2. The van der Waals surface area contributed by atoms with Crippen molar-refractivity contribution in [1.29, 1.82) is 0 Å². The van der Waals surface area contributed by atoms with Crippen molar-refractivity contribution in [3.05, 3.63) is 83.3 Å². The molecule has 9 heteroatoms. The van der Waals surface area contributed by atoms with E-state index in [4.69, 9.17) is 4.52 Å². The molecule has 2 N–H and O–H groups in total. The number of nitrogens with one attached hydrogen (secondary N) is 2. The van der Waals surface area contributed by atoms with Crippen molar-refractivity contribution in [2.24, 2.45) is 5.92 Å². The molecule has 206 valence electrons. The average Bonchev–Trinajstić information content (AvgIpc) is 3.40. The molecule has 1 saturated heterocycles. The number of piperidine rings is 1. The maximum absolute atomic E-state index is 13.3. The van der Waals surface area contributed by atoms with Crippen LogP contribution in [-0.2, 0) is 21.4 Å². The van der Waals surface area contributed by atoms with Gasteiger partial charge in [0.15, 0.2) is 5.82 Å². The molecule has 1 aliphatic heterocycles. The minimum atomic E-state index is -0.892. The molecule has 0 radical (unpaired) electrons. The van der Waals surface area contributed by atoms with E-state index in [-0.39, 0.29) is 29.6 Å². The number of hydrogen-bond donors (Lipinski definition) is 2. The zero-order valence-electron chi connectivity index (χ0n) is 22.4. The quantitative estimate of drug-likeness (QED) is 0.410. The Balaban J connectivity index is 1.23. The average molecular weight is 534 g/mol. The zero-order valence-corrected chi connectivity index (χ0v) is 22.4. The number of carbonyl (C=O) groups is 2. The maximum Gasteiger partial charge on any atom is 0.242 e. The van der Waals surface area contributed by atoms with E-state index >= 15 is 0 Å². The van der Waals surface area contributed by atoms with Crippen LogP contribution in [-0.4, -0.2) is 53.5 Å². The summed E-state index contributed by atoms with van der Waals surface area (Å²) >= 11 is 0. The molecule has 1 atom stereocenters. The van der Waals surface area contributed by atoms with Crippen LogP contribution in [0.2, 0.25) is 0 Å². The highest BCUT2D eigenvalue weighted by atomic mass is 19.1. The summed E-state index contributed by atoms with van der Waals surface area (Å²) in [6.07, 6.45) is 5.36.